The average molecular weight is 300 g/mol. The summed E-state index contributed by atoms with van der Waals surface area (Å²) in [6.45, 7) is 0. The summed E-state index contributed by atoms with van der Waals surface area (Å²) in [6.07, 6.45) is -1.96. The summed E-state index contributed by atoms with van der Waals surface area (Å²) in [5.41, 5.74) is -0.846. The minimum Gasteiger partial charge on any atom is -0.480 e. The lowest BCUT2D eigenvalue weighted by Crippen LogP contribution is -2.03. The van der Waals surface area contributed by atoms with Gasteiger partial charge in [0.15, 0.2) is 0 Å². The highest BCUT2D eigenvalue weighted by Gasteiger charge is 2.23. The van der Waals surface area contributed by atoms with Crippen LogP contribution < -0.4 is 4.74 Å². The first-order chi connectivity index (χ1) is 6.99. The van der Waals surface area contributed by atoms with Gasteiger partial charge in [0, 0.05) is 11.8 Å². The standard InChI is InChI=1S/C8H5BrClF2NO2/c1-15-8-5(9)4(6(10)14)3(2-13-8)7(11)12/h2,7H,1H3. The molecule has 0 bridgehead atoms. The molecule has 0 saturated carbocycles. The number of hydrogen-bond acceptors (Lipinski definition) is 3. The van der Waals surface area contributed by atoms with Gasteiger partial charge in [-0.2, -0.15) is 0 Å². The number of methoxy groups -OCH3 is 1. The van der Waals surface area contributed by atoms with E-state index in [4.69, 9.17) is 16.3 Å². The predicted octanol–water partition coefficient (Wildman–Crippen LogP) is 3.17. The van der Waals surface area contributed by atoms with Crippen LogP contribution in [0, 0.1) is 0 Å². The third-order valence-corrected chi connectivity index (χ3v) is 2.57. The number of alkyl halides is 2. The second-order valence-electron chi connectivity index (χ2n) is 2.49. The molecule has 0 amide bonds. The Hall–Kier alpha value is -0.750. The number of ether oxygens (including phenoxy) is 1. The summed E-state index contributed by atoms with van der Waals surface area (Å²) in [4.78, 5) is 14.6. The molecule has 0 aliphatic heterocycles. The van der Waals surface area contributed by atoms with Gasteiger partial charge in [0.05, 0.1) is 17.1 Å². The molecule has 7 heteroatoms. The van der Waals surface area contributed by atoms with E-state index in [0.717, 1.165) is 6.20 Å². The molecule has 0 unspecified atom stereocenters. The van der Waals surface area contributed by atoms with E-state index in [9.17, 15) is 13.6 Å². The minimum atomic E-state index is -2.82. The van der Waals surface area contributed by atoms with Gasteiger partial charge in [-0.3, -0.25) is 4.79 Å². The Kier molecular flexibility index (Phi) is 3.98. The van der Waals surface area contributed by atoms with Crippen LogP contribution in [0.3, 0.4) is 0 Å². The SMILES string of the molecule is COc1ncc(C(F)F)c(C(=O)Cl)c1Br. The van der Waals surface area contributed by atoms with E-state index in [-0.39, 0.29) is 15.9 Å². The van der Waals surface area contributed by atoms with Gasteiger partial charge in [-0.1, -0.05) is 0 Å². The quantitative estimate of drug-likeness (QED) is 0.805. The van der Waals surface area contributed by atoms with Crippen molar-refractivity contribution in [2.45, 2.75) is 6.43 Å². The molecule has 0 saturated heterocycles. The maximum absolute atomic E-state index is 12.5. The number of nitrogens with zero attached hydrogens (tertiary/aromatic N) is 1. The van der Waals surface area contributed by atoms with Crippen molar-refractivity contribution in [3.05, 3.63) is 21.8 Å². The Labute approximate surface area is 97.5 Å². The zero-order valence-corrected chi connectivity index (χ0v) is 9.77. The van der Waals surface area contributed by atoms with E-state index >= 15 is 0 Å². The highest BCUT2D eigenvalue weighted by Crippen LogP contribution is 2.34. The van der Waals surface area contributed by atoms with Crippen molar-refractivity contribution in [2.75, 3.05) is 7.11 Å². The molecule has 0 spiro atoms. The normalized spacial score (nSPS) is 10.5. The highest BCUT2D eigenvalue weighted by atomic mass is 79.9. The summed E-state index contributed by atoms with van der Waals surface area (Å²) in [6, 6.07) is 0. The zero-order valence-electron chi connectivity index (χ0n) is 7.43. The average Bonchev–Trinajstić information content (AvgIpc) is 2.16. The van der Waals surface area contributed by atoms with Crippen LogP contribution in [-0.4, -0.2) is 17.3 Å². The smallest absolute Gasteiger partial charge is 0.266 e. The lowest BCUT2D eigenvalue weighted by atomic mass is 10.1. The second kappa shape index (κ2) is 4.85. The number of carbonyl (C=O) groups is 1. The monoisotopic (exact) mass is 299 g/mol. The first-order valence-corrected chi connectivity index (χ1v) is 4.86. The molecule has 3 nitrogen and oxygen atoms in total. The van der Waals surface area contributed by atoms with Crippen LogP contribution in [0.2, 0.25) is 0 Å². The number of pyridine rings is 1. The minimum absolute atomic E-state index is 0.0304. The third kappa shape index (κ3) is 2.43. The molecule has 0 radical (unpaired) electrons. The van der Waals surface area contributed by atoms with Crippen molar-refractivity contribution >= 4 is 32.8 Å². The molecular formula is C8H5BrClF2NO2. The van der Waals surface area contributed by atoms with Crippen LogP contribution in [0.1, 0.15) is 22.3 Å². The van der Waals surface area contributed by atoms with Crippen molar-refractivity contribution < 1.29 is 18.3 Å². The van der Waals surface area contributed by atoms with Crippen molar-refractivity contribution in [1.82, 2.24) is 4.98 Å². The number of hydrogen-bond donors (Lipinski definition) is 0. The molecule has 1 rings (SSSR count). The maximum Gasteiger partial charge on any atom is 0.266 e. The molecule has 0 aromatic carbocycles. The Morgan fingerprint density at radius 1 is 1.67 bits per heavy atom. The summed E-state index contributed by atoms with van der Waals surface area (Å²) in [5.74, 6) is 0.0309. The molecule has 0 atom stereocenters. The Morgan fingerprint density at radius 2 is 2.27 bits per heavy atom. The molecule has 0 aliphatic rings. The van der Waals surface area contributed by atoms with Crippen molar-refractivity contribution in [1.29, 1.82) is 0 Å². The fraction of sp³-hybridized carbons (Fsp3) is 0.250. The number of rotatable bonds is 3. The van der Waals surface area contributed by atoms with Gasteiger partial charge in [0.2, 0.25) is 5.88 Å². The predicted molar refractivity (Wildman–Crippen MR) is 53.6 cm³/mol. The van der Waals surface area contributed by atoms with E-state index in [0.29, 0.717) is 0 Å². The maximum atomic E-state index is 12.5. The fourth-order valence-electron chi connectivity index (χ4n) is 0.991. The van der Waals surface area contributed by atoms with E-state index in [1.54, 1.807) is 0 Å². The largest absolute Gasteiger partial charge is 0.480 e. The van der Waals surface area contributed by atoms with Crippen LogP contribution in [0.25, 0.3) is 0 Å². The van der Waals surface area contributed by atoms with Crippen LogP contribution >= 0.6 is 27.5 Å². The van der Waals surface area contributed by atoms with Gasteiger partial charge >= 0.3 is 0 Å². The Balaban J connectivity index is 3.44. The summed E-state index contributed by atoms with van der Waals surface area (Å²) in [7, 11) is 1.30. The first-order valence-electron chi connectivity index (χ1n) is 3.69. The number of aromatic nitrogens is 1. The number of carbonyl (C=O) groups excluding carboxylic acids is 1. The lowest BCUT2D eigenvalue weighted by Gasteiger charge is -2.09. The van der Waals surface area contributed by atoms with E-state index in [2.05, 4.69) is 20.9 Å². The molecule has 82 valence electrons. The first kappa shape index (κ1) is 12.3. The van der Waals surface area contributed by atoms with E-state index < -0.39 is 17.2 Å². The van der Waals surface area contributed by atoms with Gasteiger partial charge in [0.25, 0.3) is 11.7 Å². The van der Waals surface area contributed by atoms with Crippen molar-refractivity contribution in [3.8, 4) is 5.88 Å². The molecule has 15 heavy (non-hydrogen) atoms. The van der Waals surface area contributed by atoms with Crippen LogP contribution in [-0.2, 0) is 0 Å². The molecule has 1 heterocycles. The lowest BCUT2D eigenvalue weighted by molar-refractivity contribution is 0.106. The number of halogens is 4. The zero-order chi connectivity index (χ0) is 11.6. The molecule has 1 aromatic heterocycles. The Morgan fingerprint density at radius 3 is 2.67 bits per heavy atom. The van der Waals surface area contributed by atoms with Gasteiger partial charge < -0.3 is 4.74 Å². The van der Waals surface area contributed by atoms with Crippen LogP contribution in [0.5, 0.6) is 5.88 Å². The second-order valence-corrected chi connectivity index (χ2v) is 3.62. The highest BCUT2D eigenvalue weighted by molar-refractivity contribution is 9.10. The summed E-state index contributed by atoms with van der Waals surface area (Å²) < 4.78 is 29.8. The third-order valence-electron chi connectivity index (χ3n) is 1.64. The van der Waals surface area contributed by atoms with E-state index in [1.165, 1.54) is 7.11 Å². The van der Waals surface area contributed by atoms with Crippen LogP contribution in [0.15, 0.2) is 10.7 Å². The van der Waals surface area contributed by atoms with Crippen molar-refractivity contribution in [2.24, 2.45) is 0 Å². The van der Waals surface area contributed by atoms with Gasteiger partial charge in [-0.15, -0.1) is 0 Å². The molecule has 0 N–H and O–H groups in total. The fourth-order valence-corrected chi connectivity index (χ4v) is 1.98. The summed E-state index contributed by atoms with van der Waals surface area (Å²) in [5, 5.41) is -0.988. The summed E-state index contributed by atoms with van der Waals surface area (Å²) >= 11 is 8.14. The van der Waals surface area contributed by atoms with Crippen LogP contribution in [0.4, 0.5) is 8.78 Å². The topological polar surface area (TPSA) is 39.2 Å². The molecular weight excluding hydrogens is 295 g/mol. The van der Waals surface area contributed by atoms with Gasteiger partial charge in [-0.25, -0.2) is 13.8 Å². The van der Waals surface area contributed by atoms with Gasteiger partial charge in [-0.05, 0) is 27.5 Å². The molecule has 1 aromatic rings. The van der Waals surface area contributed by atoms with E-state index in [1.807, 2.05) is 0 Å². The molecule has 0 aliphatic carbocycles. The van der Waals surface area contributed by atoms with Crippen molar-refractivity contribution in [3.63, 3.8) is 0 Å². The molecule has 0 fully saturated rings. The Bertz CT molecular complexity index is 400. The van der Waals surface area contributed by atoms with Gasteiger partial charge in [0.1, 0.15) is 0 Å².